The number of nitrogens with zero attached hydrogens (tertiary/aromatic N) is 6. The van der Waals surface area contributed by atoms with Crippen LogP contribution in [-0.2, 0) is 91.4 Å². The number of amides is 3. The summed E-state index contributed by atoms with van der Waals surface area (Å²) in [6, 6.07) is 7.50. The van der Waals surface area contributed by atoms with Gasteiger partial charge in [-0.15, -0.1) is 10.2 Å². The summed E-state index contributed by atoms with van der Waals surface area (Å²) in [4.78, 5) is 52.1. The first kappa shape index (κ1) is 93.9. The summed E-state index contributed by atoms with van der Waals surface area (Å²) in [6.07, 6.45) is 4.86. The lowest BCUT2D eigenvalue weighted by atomic mass is 10.1. The number of carbonyl (C=O) groups is 4. The van der Waals surface area contributed by atoms with Crippen LogP contribution < -0.4 is 58.6 Å². The molecule has 5 aromatic rings. The van der Waals surface area contributed by atoms with E-state index in [1.165, 1.54) is 36.4 Å². The number of ether oxygens (including phenoxy) is 10. The van der Waals surface area contributed by atoms with Gasteiger partial charge >= 0.3 is 12.1 Å². The highest BCUT2D eigenvalue weighted by Gasteiger charge is 2.25. The molecule has 0 saturated carbocycles. The minimum atomic E-state index is -4.39. The monoisotopic (exact) mass is 1710 g/mol. The normalized spacial score (nSPS) is 12.2. The number of aromatic carboxylic acids is 1. The summed E-state index contributed by atoms with van der Waals surface area (Å²) in [6.45, 7) is 3.83. The van der Waals surface area contributed by atoms with Crippen LogP contribution in [0.4, 0.5) is 4.79 Å². The van der Waals surface area contributed by atoms with Crippen LogP contribution in [0.5, 0.6) is 51.7 Å². The van der Waals surface area contributed by atoms with Gasteiger partial charge in [-0.1, -0.05) is 10.4 Å². The lowest BCUT2D eigenvalue weighted by Gasteiger charge is -2.20. The zero-order valence-corrected chi connectivity index (χ0v) is 66.4. The van der Waals surface area contributed by atoms with Gasteiger partial charge in [0.05, 0.1) is 111 Å². The number of carboxylic acid groups (broad SMARTS) is 1. The Hall–Kier alpha value is -8.72. The lowest BCUT2D eigenvalue weighted by Crippen LogP contribution is -2.34. The Morgan fingerprint density at radius 3 is 0.929 bits per heavy atom. The molecule has 0 saturated heterocycles. The predicted octanol–water partition coefficient (Wildman–Crippen LogP) is 3.86. The molecule has 0 aliphatic rings. The Morgan fingerprint density at radius 2 is 0.643 bits per heavy atom. The zero-order chi connectivity index (χ0) is 82.8. The van der Waals surface area contributed by atoms with E-state index >= 15 is 0 Å². The highest BCUT2D eigenvalue weighted by atomic mass is 32.2. The van der Waals surface area contributed by atoms with Crippen molar-refractivity contribution >= 4 is 84.6 Å². The van der Waals surface area contributed by atoms with E-state index in [0.717, 1.165) is 0 Å². The number of benzene rings is 3. The van der Waals surface area contributed by atoms with Crippen molar-refractivity contribution in [2.45, 2.75) is 129 Å². The molecule has 3 aromatic carbocycles. The number of hydrogen-bond donors (Lipinski definition) is 10. The Kier molecular flexibility index (Phi) is 37.9. The van der Waals surface area contributed by atoms with Gasteiger partial charge in [0, 0.05) is 49.7 Å². The predicted molar refractivity (Wildman–Crippen MR) is 396 cm³/mol. The van der Waals surface area contributed by atoms with Crippen LogP contribution in [0.15, 0.2) is 48.8 Å². The molecule has 0 atom stereocenters. The second-order valence-electron chi connectivity index (χ2n) is 25.7. The van der Waals surface area contributed by atoms with Crippen molar-refractivity contribution in [3.63, 3.8) is 0 Å². The van der Waals surface area contributed by atoms with E-state index in [4.69, 9.17) is 47.4 Å². The maximum absolute atomic E-state index is 13.6. The highest BCUT2D eigenvalue weighted by Crippen LogP contribution is 2.42. The van der Waals surface area contributed by atoms with Gasteiger partial charge in [0.2, 0.25) is 17.2 Å². The van der Waals surface area contributed by atoms with Gasteiger partial charge in [-0.2, -0.15) is 50.5 Å². The van der Waals surface area contributed by atoms with E-state index in [9.17, 15) is 102 Å². The van der Waals surface area contributed by atoms with E-state index in [1.54, 1.807) is 42.5 Å². The van der Waals surface area contributed by atoms with E-state index in [2.05, 4.69) is 36.6 Å². The number of alkyl carbamates (subject to hydrolysis) is 1. The smallest absolute Gasteiger partial charge is 0.407 e. The molecule has 0 aliphatic carbocycles. The van der Waals surface area contributed by atoms with Gasteiger partial charge in [-0.05, 0) is 147 Å². The summed E-state index contributed by atoms with van der Waals surface area (Å²) in [7, 11) is -26.3. The van der Waals surface area contributed by atoms with Gasteiger partial charge in [0.15, 0.2) is 34.5 Å². The number of aryl methyl sites for hydroxylation is 4. The number of aromatic nitrogens is 6. The second kappa shape index (κ2) is 45.2. The molecule has 5 rings (SSSR count). The van der Waals surface area contributed by atoms with Crippen molar-refractivity contribution < 1.29 is 149 Å². The van der Waals surface area contributed by atoms with Crippen molar-refractivity contribution in [1.29, 1.82) is 0 Å². The number of hydrogen-bond acceptors (Lipinski definition) is 30. The van der Waals surface area contributed by atoms with E-state index in [0.29, 0.717) is 75.8 Å². The Labute approximate surface area is 648 Å². The van der Waals surface area contributed by atoms with Gasteiger partial charge in [-0.3, -0.25) is 46.3 Å². The van der Waals surface area contributed by atoms with Gasteiger partial charge in [-0.25, -0.2) is 9.59 Å². The van der Waals surface area contributed by atoms with Gasteiger partial charge in [0.25, 0.3) is 72.5 Å². The fourth-order valence-corrected chi connectivity index (χ4v) is 12.6. The molecule has 0 spiro atoms. The van der Waals surface area contributed by atoms with E-state index < -0.39 is 125 Å². The highest BCUT2D eigenvalue weighted by molar-refractivity contribution is 7.87. The molecule has 0 unspecified atom stereocenters. The molecule has 2 heterocycles. The summed E-state index contributed by atoms with van der Waals surface area (Å²) in [5, 5.41) is 35.1. The van der Waals surface area contributed by atoms with Crippen molar-refractivity contribution in [2.75, 3.05) is 114 Å². The summed E-state index contributed by atoms with van der Waals surface area (Å²) < 4.78 is 253. The van der Waals surface area contributed by atoms with Crippen molar-refractivity contribution in [3.05, 3.63) is 76.9 Å². The first-order chi connectivity index (χ1) is 52.5. The Morgan fingerprint density at radius 1 is 0.366 bits per heavy atom. The van der Waals surface area contributed by atoms with Crippen molar-refractivity contribution in [2.24, 2.45) is 0 Å². The average molecular weight is 1710 g/mol. The number of rotatable bonds is 57. The van der Waals surface area contributed by atoms with Gasteiger partial charge in [0.1, 0.15) is 12.2 Å². The number of unbranched alkanes of at least 4 members (excludes halogenated alkanes) is 2. The molecule has 0 bridgehead atoms. The SMILES string of the molecule is CC(C)(C)OC(=O)NCCOc1c(OCCCCc2cn(CCCNC(=O)c3cc(OCCCS(=O)(=O)O)c(OCCCS(=O)(=O)O)c(OCCCS(=O)(=O)O)c3)nn2)cc(C(=O)O)cc1OCCCCc1cn(CCCNC(=O)c2cc(OCCCS(=O)(=O)O)c(OCCCS(=O)(=O)O)c(OCCCS(=O)(=O)O)c2)nn1. The number of carboxylic acids is 1. The maximum atomic E-state index is 13.6. The first-order valence-corrected chi connectivity index (χ1v) is 44.6. The van der Waals surface area contributed by atoms with Crippen LogP contribution in [0.3, 0.4) is 0 Å². The topological polar surface area (TPSA) is 605 Å². The molecule has 112 heavy (non-hydrogen) atoms. The minimum absolute atomic E-state index is 0.0276. The third-order valence-corrected chi connectivity index (χ3v) is 19.5. The number of nitrogens with one attached hydrogen (secondary N) is 3. The molecular formula is C64H95N9O33S6. The molecule has 2 aromatic heterocycles. The number of carbonyl (C=O) groups excluding carboxylic acids is 3. The zero-order valence-electron chi connectivity index (χ0n) is 61.5. The molecule has 630 valence electrons. The molecule has 10 N–H and O–H groups in total. The molecule has 0 fully saturated rings. The summed E-state index contributed by atoms with van der Waals surface area (Å²) >= 11 is 0. The standard InChI is InChI=1S/C64H95N9O33S6/c1-64(2,3)106-63(78)67-20-31-105-59-55(97-23-6-4-16-49-44-72(70-68-49)21-8-18-65-60(74)46-38-51(99-25-10-32-107(79,80)81)57(103-29-14-36-111(91,92)93)52(39-46)100-26-11-33-108(82,83)84)42-48(62(76)77)43-56(59)98-24-7-5-17-50-45-73(71-69-50)22-9-19-66-61(75)47-40-53(101-27-12-34-109(85,86)87)58(104-30-15-37-112(94,95)96)54(41-47)102-28-13-35-110(88,89)90/h38-45H,4-37H2,1-3H3,(H,65,74)(H,66,75)(H,67,78)(H,76,77)(H,79,80,81)(H,82,83,84)(H,85,86,87)(H,88,89,90)(H,91,92,93)(H,94,95,96). The largest absolute Gasteiger partial charge is 0.490 e. The van der Waals surface area contributed by atoms with Crippen LogP contribution in [0.25, 0.3) is 0 Å². The minimum Gasteiger partial charge on any atom is -0.490 e. The quantitative estimate of drug-likeness (QED) is 0.0195. The van der Waals surface area contributed by atoms with Crippen LogP contribution in [-0.4, -0.2) is 256 Å². The fraction of sp³-hybridized carbons (Fsp3) is 0.594. The van der Waals surface area contributed by atoms with Crippen LogP contribution in [0.2, 0.25) is 0 Å². The Balaban J connectivity index is 1.16. The summed E-state index contributed by atoms with van der Waals surface area (Å²) in [5.74, 6) is -7.67. The van der Waals surface area contributed by atoms with Crippen molar-refractivity contribution in [3.8, 4) is 51.7 Å². The van der Waals surface area contributed by atoms with E-state index in [1.807, 2.05) is 0 Å². The maximum Gasteiger partial charge on any atom is 0.407 e. The molecule has 0 aliphatic heterocycles. The molecule has 3 amide bonds. The molecular weight excluding hydrogens is 1620 g/mol. The van der Waals surface area contributed by atoms with Gasteiger partial charge < -0.3 is 68.4 Å². The molecule has 42 nitrogen and oxygen atoms in total. The molecule has 48 heteroatoms. The third kappa shape index (κ3) is 40.1. The van der Waals surface area contributed by atoms with E-state index in [-0.39, 0.29) is 186 Å². The first-order valence-electron chi connectivity index (χ1n) is 34.9. The second-order valence-corrected chi connectivity index (χ2v) is 35.1. The van der Waals surface area contributed by atoms with Crippen LogP contribution in [0, 0.1) is 0 Å². The summed E-state index contributed by atoms with van der Waals surface area (Å²) in [5.41, 5.74) is 0.127. The average Bonchev–Trinajstić information content (AvgIpc) is 0.922. The van der Waals surface area contributed by atoms with Crippen LogP contribution >= 0.6 is 0 Å². The lowest BCUT2D eigenvalue weighted by molar-refractivity contribution is 0.0518. The molecule has 0 radical (unpaired) electrons. The Bertz CT molecular complexity index is 4230. The van der Waals surface area contributed by atoms with Crippen LogP contribution in [0.1, 0.15) is 140 Å². The fourth-order valence-electron chi connectivity index (χ4n) is 9.73. The third-order valence-electron chi connectivity index (χ3n) is 14.7. The van der Waals surface area contributed by atoms with Crippen molar-refractivity contribution in [1.82, 2.24) is 45.9 Å².